The Kier molecular flexibility index (Phi) is 4.71. The largest absolute Gasteiger partial charge is 0.361 e. The predicted molar refractivity (Wildman–Crippen MR) is 58.4 cm³/mol. The van der Waals surface area contributed by atoms with Gasteiger partial charge in [0.05, 0.1) is 5.69 Å². The summed E-state index contributed by atoms with van der Waals surface area (Å²) in [6.45, 7) is 6.41. The molecule has 0 N–H and O–H groups in total. The Bertz CT molecular complexity index is 255. The van der Waals surface area contributed by atoms with E-state index in [0.717, 1.165) is 17.9 Å². The van der Waals surface area contributed by atoms with Crippen molar-refractivity contribution in [2.45, 2.75) is 58.8 Å². The van der Waals surface area contributed by atoms with Crippen LogP contribution in [0.2, 0.25) is 0 Å². The number of aryl methyl sites for hydroxylation is 1. The van der Waals surface area contributed by atoms with Crippen molar-refractivity contribution in [2.24, 2.45) is 0 Å². The Morgan fingerprint density at radius 1 is 1.36 bits per heavy atom. The predicted octanol–water partition coefficient (Wildman–Crippen LogP) is 4.06. The number of unbranched alkanes of at least 4 members (excludes halogenated alkanes) is 2. The van der Waals surface area contributed by atoms with Crippen molar-refractivity contribution in [2.75, 3.05) is 0 Å². The third kappa shape index (κ3) is 3.17. The molecule has 2 heteroatoms. The van der Waals surface area contributed by atoms with E-state index < -0.39 is 0 Å². The summed E-state index contributed by atoms with van der Waals surface area (Å²) in [6, 6.07) is 2.07. The Labute approximate surface area is 86.7 Å². The molecule has 0 aliphatic heterocycles. The molecule has 14 heavy (non-hydrogen) atoms. The molecule has 0 aliphatic carbocycles. The van der Waals surface area contributed by atoms with E-state index in [0.29, 0.717) is 5.92 Å². The van der Waals surface area contributed by atoms with Crippen molar-refractivity contribution in [3.05, 3.63) is 17.5 Å². The normalized spacial score (nSPS) is 13.1. The van der Waals surface area contributed by atoms with Gasteiger partial charge < -0.3 is 4.52 Å². The Morgan fingerprint density at radius 3 is 2.64 bits per heavy atom. The molecule has 0 fully saturated rings. The maximum absolute atomic E-state index is 5.10. The monoisotopic (exact) mass is 195 g/mol. The average Bonchev–Trinajstić information content (AvgIpc) is 2.60. The summed E-state index contributed by atoms with van der Waals surface area (Å²) >= 11 is 0. The van der Waals surface area contributed by atoms with E-state index in [1.54, 1.807) is 0 Å². The van der Waals surface area contributed by atoms with Crippen molar-refractivity contribution >= 4 is 0 Å². The van der Waals surface area contributed by atoms with Gasteiger partial charge in [0.15, 0.2) is 0 Å². The van der Waals surface area contributed by atoms with Crippen molar-refractivity contribution in [1.29, 1.82) is 0 Å². The van der Waals surface area contributed by atoms with E-state index in [2.05, 4.69) is 25.1 Å². The molecule has 0 saturated heterocycles. The van der Waals surface area contributed by atoms with E-state index >= 15 is 0 Å². The number of hydrogen-bond donors (Lipinski definition) is 0. The fourth-order valence-electron chi connectivity index (χ4n) is 1.78. The van der Waals surface area contributed by atoms with Crippen molar-refractivity contribution < 1.29 is 4.52 Å². The Morgan fingerprint density at radius 2 is 2.14 bits per heavy atom. The lowest BCUT2D eigenvalue weighted by atomic mass is 9.95. The lowest BCUT2D eigenvalue weighted by molar-refractivity contribution is 0.380. The van der Waals surface area contributed by atoms with Crippen LogP contribution in [-0.4, -0.2) is 5.16 Å². The highest BCUT2D eigenvalue weighted by Crippen LogP contribution is 2.25. The zero-order valence-electron chi connectivity index (χ0n) is 9.55. The minimum absolute atomic E-state index is 0.596. The van der Waals surface area contributed by atoms with Crippen LogP contribution in [0.15, 0.2) is 10.6 Å². The van der Waals surface area contributed by atoms with Crippen LogP contribution in [0.5, 0.6) is 0 Å². The lowest BCUT2D eigenvalue weighted by Gasteiger charge is -2.10. The summed E-state index contributed by atoms with van der Waals surface area (Å²) in [6.07, 6.45) is 6.33. The van der Waals surface area contributed by atoms with Gasteiger partial charge in [-0.1, -0.05) is 38.3 Å². The number of rotatable bonds is 6. The second-order valence-electron chi connectivity index (χ2n) is 3.96. The standard InChI is InChI=1S/C12H21NO/c1-4-6-7-8-11(5-2)12-9-10(3)14-13-12/h9,11H,4-8H2,1-3H3. The highest BCUT2D eigenvalue weighted by Gasteiger charge is 2.12. The molecule has 0 radical (unpaired) electrons. The topological polar surface area (TPSA) is 26.0 Å². The SMILES string of the molecule is CCCCCC(CC)c1cc(C)on1. The zero-order chi connectivity index (χ0) is 10.4. The average molecular weight is 195 g/mol. The smallest absolute Gasteiger partial charge is 0.133 e. The van der Waals surface area contributed by atoms with Crippen LogP contribution in [-0.2, 0) is 0 Å². The van der Waals surface area contributed by atoms with Crippen LogP contribution < -0.4 is 0 Å². The van der Waals surface area contributed by atoms with E-state index in [1.165, 1.54) is 25.7 Å². The van der Waals surface area contributed by atoms with Crippen LogP contribution in [0.4, 0.5) is 0 Å². The molecule has 1 aromatic heterocycles. The summed E-state index contributed by atoms with van der Waals surface area (Å²) in [7, 11) is 0. The van der Waals surface area contributed by atoms with Crippen LogP contribution in [0, 0.1) is 6.92 Å². The van der Waals surface area contributed by atoms with Crippen LogP contribution in [0.3, 0.4) is 0 Å². The first-order valence-corrected chi connectivity index (χ1v) is 5.71. The fourth-order valence-corrected chi connectivity index (χ4v) is 1.78. The van der Waals surface area contributed by atoms with Crippen molar-refractivity contribution in [1.82, 2.24) is 5.16 Å². The number of aromatic nitrogens is 1. The third-order valence-corrected chi connectivity index (χ3v) is 2.71. The van der Waals surface area contributed by atoms with Gasteiger partial charge in [-0.05, 0) is 19.8 Å². The maximum Gasteiger partial charge on any atom is 0.133 e. The van der Waals surface area contributed by atoms with Gasteiger partial charge in [0.2, 0.25) is 0 Å². The molecule has 0 amide bonds. The Hall–Kier alpha value is -0.790. The lowest BCUT2D eigenvalue weighted by Crippen LogP contribution is -1.97. The maximum atomic E-state index is 5.10. The molecule has 1 rings (SSSR count). The van der Waals surface area contributed by atoms with Gasteiger partial charge in [-0.25, -0.2) is 0 Å². The second kappa shape index (κ2) is 5.84. The van der Waals surface area contributed by atoms with Gasteiger partial charge in [0.25, 0.3) is 0 Å². The van der Waals surface area contributed by atoms with Gasteiger partial charge >= 0.3 is 0 Å². The van der Waals surface area contributed by atoms with Gasteiger partial charge in [0.1, 0.15) is 5.76 Å². The molecule has 0 aromatic carbocycles. The van der Waals surface area contributed by atoms with Crippen LogP contribution >= 0.6 is 0 Å². The first-order valence-electron chi connectivity index (χ1n) is 5.71. The minimum atomic E-state index is 0.596. The van der Waals surface area contributed by atoms with E-state index in [-0.39, 0.29) is 0 Å². The van der Waals surface area contributed by atoms with Gasteiger partial charge in [-0.2, -0.15) is 0 Å². The molecular weight excluding hydrogens is 174 g/mol. The molecule has 80 valence electrons. The third-order valence-electron chi connectivity index (χ3n) is 2.71. The Balaban J connectivity index is 2.45. The molecule has 0 bridgehead atoms. The number of hydrogen-bond acceptors (Lipinski definition) is 2. The van der Waals surface area contributed by atoms with Gasteiger partial charge in [0, 0.05) is 12.0 Å². The first-order chi connectivity index (χ1) is 6.77. The molecule has 1 aromatic rings. The summed E-state index contributed by atoms with van der Waals surface area (Å²) < 4.78 is 5.10. The highest BCUT2D eigenvalue weighted by molar-refractivity contribution is 5.09. The molecule has 1 unspecified atom stereocenters. The van der Waals surface area contributed by atoms with E-state index in [9.17, 15) is 0 Å². The molecule has 0 saturated carbocycles. The van der Waals surface area contributed by atoms with Gasteiger partial charge in [-0.15, -0.1) is 0 Å². The summed E-state index contributed by atoms with van der Waals surface area (Å²) in [4.78, 5) is 0. The molecular formula is C12H21NO. The molecule has 0 aliphatic rings. The van der Waals surface area contributed by atoms with Crippen LogP contribution in [0.25, 0.3) is 0 Å². The van der Waals surface area contributed by atoms with Crippen LogP contribution in [0.1, 0.15) is 63.3 Å². The summed E-state index contributed by atoms with van der Waals surface area (Å²) in [5.74, 6) is 1.52. The molecule has 2 nitrogen and oxygen atoms in total. The van der Waals surface area contributed by atoms with E-state index in [4.69, 9.17) is 4.52 Å². The zero-order valence-corrected chi connectivity index (χ0v) is 9.55. The molecule has 0 spiro atoms. The van der Waals surface area contributed by atoms with E-state index in [1.807, 2.05) is 6.92 Å². The van der Waals surface area contributed by atoms with Gasteiger partial charge in [-0.3, -0.25) is 0 Å². The number of nitrogens with zero attached hydrogens (tertiary/aromatic N) is 1. The van der Waals surface area contributed by atoms with Crippen molar-refractivity contribution in [3.8, 4) is 0 Å². The summed E-state index contributed by atoms with van der Waals surface area (Å²) in [5.41, 5.74) is 1.14. The summed E-state index contributed by atoms with van der Waals surface area (Å²) in [5, 5.41) is 4.09. The fraction of sp³-hybridized carbons (Fsp3) is 0.750. The first kappa shape index (κ1) is 11.3. The highest BCUT2D eigenvalue weighted by atomic mass is 16.5. The molecule has 1 atom stereocenters. The molecule has 1 heterocycles. The van der Waals surface area contributed by atoms with Crippen molar-refractivity contribution in [3.63, 3.8) is 0 Å². The second-order valence-corrected chi connectivity index (χ2v) is 3.96. The quantitative estimate of drug-likeness (QED) is 0.640. The minimum Gasteiger partial charge on any atom is -0.361 e.